The fraction of sp³-hybridized carbons (Fsp3) is 0.214. The van der Waals surface area contributed by atoms with Crippen molar-refractivity contribution >= 4 is 33.0 Å². The molecule has 0 unspecified atom stereocenters. The Hall–Kier alpha value is -1.000. The van der Waals surface area contributed by atoms with Gasteiger partial charge in [0.05, 0.1) is 4.88 Å². The summed E-state index contributed by atoms with van der Waals surface area (Å²) >= 11 is 4.83. The number of carbonyl (C=O) groups is 1. The number of rotatable bonds is 3. The first kappa shape index (κ1) is 13.4. The molecule has 0 N–H and O–H groups in total. The van der Waals surface area contributed by atoms with E-state index in [0.717, 1.165) is 19.8 Å². The largest absolute Gasteiger partial charge is 0.293 e. The summed E-state index contributed by atoms with van der Waals surface area (Å²) in [5, 5.41) is 0. The molecule has 0 saturated carbocycles. The molecule has 18 heavy (non-hydrogen) atoms. The monoisotopic (exact) mass is 326 g/mol. The molecule has 0 fully saturated rings. The first-order chi connectivity index (χ1) is 8.47. The van der Waals surface area contributed by atoms with Crippen LogP contribution in [-0.2, 0) is 6.42 Å². The summed E-state index contributed by atoms with van der Waals surface area (Å²) in [6.45, 7) is 3.98. The van der Waals surface area contributed by atoms with Gasteiger partial charge >= 0.3 is 0 Å². The van der Waals surface area contributed by atoms with E-state index in [9.17, 15) is 9.18 Å². The Morgan fingerprint density at radius 3 is 2.67 bits per heavy atom. The average Bonchev–Trinajstić information content (AvgIpc) is 2.64. The van der Waals surface area contributed by atoms with E-state index in [4.69, 9.17) is 0 Å². The van der Waals surface area contributed by atoms with Gasteiger partial charge in [0.2, 0.25) is 0 Å². The minimum Gasteiger partial charge on any atom is -0.293 e. The molecule has 0 aliphatic carbocycles. The number of hydrogen-bond acceptors (Lipinski definition) is 2. The summed E-state index contributed by atoms with van der Waals surface area (Å²) in [6, 6.07) is 6.30. The van der Waals surface area contributed by atoms with Crippen LogP contribution in [0.5, 0.6) is 0 Å². The molecule has 4 heteroatoms. The molecule has 0 atom stereocenters. The van der Waals surface area contributed by atoms with Crippen LogP contribution >= 0.6 is 27.3 Å². The van der Waals surface area contributed by atoms with Crippen LogP contribution in [0.25, 0.3) is 0 Å². The Labute approximate surface area is 118 Å². The third-order valence-electron chi connectivity index (χ3n) is 2.80. The van der Waals surface area contributed by atoms with Crippen molar-refractivity contribution in [2.45, 2.75) is 20.3 Å². The summed E-state index contributed by atoms with van der Waals surface area (Å²) in [5.41, 5.74) is 1.81. The van der Waals surface area contributed by atoms with Gasteiger partial charge in [-0.3, -0.25) is 4.79 Å². The first-order valence-electron chi connectivity index (χ1n) is 5.51. The highest BCUT2D eigenvalue weighted by Gasteiger charge is 2.13. The van der Waals surface area contributed by atoms with Crippen LogP contribution in [0.4, 0.5) is 4.39 Å². The van der Waals surface area contributed by atoms with Crippen LogP contribution in [-0.4, -0.2) is 5.78 Å². The fourth-order valence-electron chi connectivity index (χ4n) is 1.65. The number of Topliss-reactive ketones (excluding diaryl/α,β-unsaturated/α-hetero) is 1. The second kappa shape index (κ2) is 5.33. The van der Waals surface area contributed by atoms with Crippen molar-refractivity contribution in [3.05, 3.63) is 55.4 Å². The lowest BCUT2D eigenvalue weighted by molar-refractivity contribution is 0.0996. The molecule has 1 nitrogen and oxygen atoms in total. The van der Waals surface area contributed by atoms with Gasteiger partial charge in [-0.15, -0.1) is 11.3 Å². The molecule has 1 aromatic heterocycles. The van der Waals surface area contributed by atoms with Gasteiger partial charge in [0.25, 0.3) is 0 Å². The number of benzene rings is 1. The normalized spacial score (nSPS) is 10.7. The molecular formula is C14H12BrFOS. The zero-order valence-corrected chi connectivity index (χ0v) is 12.5. The lowest BCUT2D eigenvalue weighted by Crippen LogP contribution is -2.02. The van der Waals surface area contributed by atoms with Crippen LogP contribution in [0.3, 0.4) is 0 Å². The molecule has 0 bridgehead atoms. The molecule has 1 aromatic carbocycles. The highest BCUT2D eigenvalue weighted by atomic mass is 79.9. The molecule has 0 amide bonds. The van der Waals surface area contributed by atoms with E-state index in [1.807, 2.05) is 19.9 Å². The number of hydrogen-bond donors (Lipinski definition) is 0. The van der Waals surface area contributed by atoms with E-state index in [1.165, 1.54) is 23.5 Å². The smallest absolute Gasteiger partial charge is 0.177 e. The Kier molecular flexibility index (Phi) is 3.97. The Bertz CT molecular complexity index is 584. The molecule has 1 heterocycles. The van der Waals surface area contributed by atoms with Gasteiger partial charge in [0.1, 0.15) is 5.82 Å². The maximum absolute atomic E-state index is 13.1. The number of halogens is 2. The van der Waals surface area contributed by atoms with Crippen molar-refractivity contribution in [2.24, 2.45) is 0 Å². The van der Waals surface area contributed by atoms with Gasteiger partial charge in [0, 0.05) is 15.8 Å². The zero-order valence-electron chi connectivity index (χ0n) is 10.1. The zero-order chi connectivity index (χ0) is 13.3. The van der Waals surface area contributed by atoms with Gasteiger partial charge < -0.3 is 0 Å². The molecule has 0 aliphatic rings. The standard InChI is InChI=1S/C14H12BrFOS/c1-8-5-14(18-9(8)2)13(17)7-10-6-11(16)3-4-12(10)15/h3-6H,7H2,1-2H3. The molecule has 0 aliphatic heterocycles. The topological polar surface area (TPSA) is 17.1 Å². The van der Waals surface area contributed by atoms with Gasteiger partial charge in [-0.2, -0.15) is 0 Å². The van der Waals surface area contributed by atoms with Gasteiger partial charge in [0.15, 0.2) is 5.78 Å². The van der Waals surface area contributed by atoms with E-state index in [1.54, 1.807) is 6.07 Å². The number of thiophene rings is 1. The van der Waals surface area contributed by atoms with Crippen molar-refractivity contribution in [3.8, 4) is 0 Å². The second-order valence-electron chi connectivity index (χ2n) is 4.19. The third-order valence-corrected chi connectivity index (χ3v) is 4.77. The summed E-state index contributed by atoms with van der Waals surface area (Å²) in [7, 11) is 0. The molecule has 94 valence electrons. The van der Waals surface area contributed by atoms with Crippen LogP contribution in [0, 0.1) is 19.7 Å². The molecule has 2 rings (SSSR count). The number of aryl methyl sites for hydroxylation is 2. The molecule has 0 radical (unpaired) electrons. The first-order valence-corrected chi connectivity index (χ1v) is 7.12. The van der Waals surface area contributed by atoms with Crippen LogP contribution in [0.15, 0.2) is 28.7 Å². The number of ketones is 1. The summed E-state index contributed by atoms with van der Waals surface area (Å²) < 4.78 is 13.9. The SMILES string of the molecule is Cc1cc(C(=O)Cc2cc(F)ccc2Br)sc1C. The van der Waals surface area contributed by atoms with Crippen LogP contribution < -0.4 is 0 Å². The third kappa shape index (κ3) is 2.87. The molecule has 0 spiro atoms. The van der Waals surface area contributed by atoms with Gasteiger partial charge in [-0.1, -0.05) is 15.9 Å². The molecular weight excluding hydrogens is 315 g/mol. The maximum atomic E-state index is 13.1. The average molecular weight is 327 g/mol. The highest BCUT2D eigenvalue weighted by molar-refractivity contribution is 9.10. The predicted octanol–water partition coefficient (Wildman–Crippen LogP) is 4.69. The minimum atomic E-state index is -0.320. The van der Waals surface area contributed by atoms with Crippen molar-refractivity contribution < 1.29 is 9.18 Å². The highest BCUT2D eigenvalue weighted by Crippen LogP contribution is 2.24. The van der Waals surface area contributed by atoms with E-state index in [2.05, 4.69) is 15.9 Å². The van der Waals surface area contributed by atoms with E-state index < -0.39 is 0 Å². The molecule has 0 saturated heterocycles. The number of carbonyl (C=O) groups excluding carboxylic acids is 1. The lowest BCUT2D eigenvalue weighted by Gasteiger charge is -2.02. The fourth-order valence-corrected chi connectivity index (χ4v) is 3.01. The van der Waals surface area contributed by atoms with E-state index in [-0.39, 0.29) is 18.0 Å². The van der Waals surface area contributed by atoms with E-state index >= 15 is 0 Å². The summed E-state index contributed by atoms with van der Waals surface area (Å²) in [5.74, 6) is -0.290. The van der Waals surface area contributed by atoms with Crippen molar-refractivity contribution in [2.75, 3.05) is 0 Å². The van der Waals surface area contributed by atoms with Gasteiger partial charge in [-0.25, -0.2) is 4.39 Å². The molecule has 2 aromatic rings. The van der Waals surface area contributed by atoms with Crippen molar-refractivity contribution in [3.63, 3.8) is 0 Å². The van der Waals surface area contributed by atoms with Crippen molar-refractivity contribution in [1.82, 2.24) is 0 Å². The van der Waals surface area contributed by atoms with Gasteiger partial charge in [-0.05, 0) is 49.2 Å². The Balaban J connectivity index is 2.23. The maximum Gasteiger partial charge on any atom is 0.177 e. The van der Waals surface area contributed by atoms with Crippen molar-refractivity contribution in [1.29, 1.82) is 0 Å². The minimum absolute atomic E-state index is 0.0301. The quantitative estimate of drug-likeness (QED) is 0.747. The summed E-state index contributed by atoms with van der Waals surface area (Å²) in [6.07, 6.45) is 0.220. The Morgan fingerprint density at radius 2 is 2.06 bits per heavy atom. The van der Waals surface area contributed by atoms with Crippen LogP contribution in [0.2, 0.25) is 0 Å². The predicted molar refractivity (Wildman–Crippen MR) is 75.9 cm³/mol. The summed E-state index contributed by atoms with van der Waals surface area (Å²) in [4.78, 5) is 14.0. The van der Waals surface area contributed by atoms with E-state index in [0.29, 0.717) is 5.56 Å². The van der Waals surface area contributed by atoms with Crippen LogP contribution in [0.1, 0.15) is 25.7 Å². The second-order valence-corrected chi connectivity index (χ2v) is 6.30. The Morgan fingerprint density at radius 1 is 1.33 bits per heavy atom. The lowest BCUT2D eigenvalue weighted by atomic mass is 10.1.